The average molecular weight is 270 g/mol. The Labute approximate surface area is 112 Å². The quantitative estimate of drug-likeness (QED) is 0.739. The van der Waals surface area contributed by atoms with E-state index in [0.717, 1.165) is 18.5 Å². The van der Waals surface area contributed by atoms with E-state index in [-0.39, 0.29) is 16.6 Å². The minimum atomic E-state index is -1.29. The van der Waals surface area contributed by atoms with Crippen molar-refractivity contribution in [2.45, 2.75) is 45.3 Å². The molecule has 2 atom stereocenters. The highest BCUT2D eigenvalue weighted by atomic mass is 32.2. The summed E-state index contributed by atoms with van der Waals surface area (Å²) in [5.41, 5.74) is 0.738. The highest BCUT2D eigenvalue weighted by Crippen LogP contribution is 2.21. The number of hydrogen-bond acceptors (Lipinski definition) is 2. The van der Waals surface area contributed by atoms with E-state index >= 15 is 0 Å². The van der Waals surface area contributed by atoms with Gasteiger partial charge in [0, 0.05) is 13.0 Å². The van der Waals surface area contributed by atoms with Crippen LogP contribution in [0.15, 0.2) is 16.2 Å². The molecule has 4 nitrogen and oxygen atoms in total. The Morgan fingerprint density at radius 3 is 2.67 bits per heavy atom. The normalized spacial score (nSPS) is 23.4. The maximum absolute atomic E-state index is 12.0. The minimum Gasteiger partial charge on any atom is -0.314 e. The fraction of sp³-hybridized carbons (Fsp3) is 0.692. The molecule has 2 unspecified atom stereocenters. The first-order valence-corrected chi connectivity index (χ1v) is 7.31. The van der Waals surface area contributed by atoms with Crippen LogP contribution in [0.1, 0.15) is 40.5 Å². The third-order valence-corrected chi connectivity index (χ3v) is 4.32. The molecule has 0 radical (unpaired) electrons. The minimum absolute atomic E-state index is 0.0697. The van der Waals surface area contributed by atoms with Crippen molar-refractivity contribution in [2.75, 3.05) is 7.05 Å². The van der Waals surface area contributed by atoms with Gasteiger partial charge in [0.05, 0.1) is 16.7 Å². The molecule has 0 N–H and O–H groups in total. The molecule has 1 aliphatic rings. The van der Waals surface area contributed by atoms with Crippen LogP contribution in [-0.2, 0) is 15.8 Å². The van der Waals surface area contributed by atoms with Crippen molar-refractivity contribution in [2.24, 2.45) is 10.3 Å². The Balaban J connectivity index is 2.80. The summed E-state index contributed by atoms with van der Waals surface area (Å²) in [5.74, 6) is 0.184. The van der Waals surface area contributed by atoms with E-state index in [1.54, 1.807) is 18.2 Å². The van der Waals surface area contributed by atoms with Gasteiger partial charge in [0.1, 0.15) is 11.0 Å². The average Bonchev–Trinajstić information content (AvgIpc) is 2.29. The van der Waals surface area contributed by atoms with E-state index in [1.165, 1.54) is 0 Å². The van der Waals surface area contributed by atoms with Crippen LogP contribution < -0.4 is 0 Å². The molecule has 0 bridgehead atoms. The number of carbonyl (C=O) groups excluding carboxylic acids is 1. The number of rotatable bonds is 3. The van der Waals surface area contributed by atoms with Gasteiger partial charge in [-0.25, -0.2) is 4.21 Å². The zero-order chi connectivity index (χ0) is 13.9. The first kappa shape index (κ1) is 15.1. The van der Waals surface area contributed by atoms with E-state index in [4.69, 9.17) is 0 Å². The predicted molar refractivity (Wildman–Crippen MR) is 75.6 cm³/mol. The standard InChI is InChI=1S/C13H22N2O2S/c1-6-10-7-8-11(15(5)12(10)16)9-14-18(17)13(2,3)4/h8-10H,6-7H2,1-5H3. The Kier molecular flexibility index (Phi) is 4.85. The second-order valence-electron chi connectivity index (χ2n) is 5.46. The molecule has 0 aromatic rings. The number of amides is 1. The number of carbonyl (C=O) groups is 1. The van der Waals surface area contributed by atoms with E-state index in [0.29, 0.717) is 0 Å². The van der Waals surface area contributed by atoms with Gasteiger partial charge in [-0.15, -0.1) is 0 Å². The third-order valence-electron chi connectivity index (χ3n) is 2.98. The van der Waals surface area contributed by atoms with Crippen LogP contribution in [0.5, 0.6) is 0 Å². The lowest BCUT2D eigenvalue weighted by Gasteiger charge is -2.27. The number of hydrogen-bond donors (Lipinski definition) is 0. The fourth-order valence-corrected chi connectivity index (χ4v) is 2.16. The summed E-state index contributed by atoms with van der Waals surface area (Å²) in [6.45, 7) is 7.63. The van der Waals surface area contributed by atoms with E-state index in [9.17, 15) is 9.00 Å². The molecule has 0 fully saturated rings. The second kappa shape index (κ2) is 5.78. The maximum Gasteiger partial charge on any atom is 0.230 e. The van der Waals surface area contributed by atoms with Crippen molar-refractivity contribution in [3.8, 4) is 0 Å². The van der Waals surface area contributed by atoms with Crippen LogP contribution in [0, 0.1) is 5.92 Å². The molecule has 0 saturated carbocycles. The summed E-state index contributed by atoms with van der Waals surface area (Å²) in [6.07, 6.45) is 5.12. The van der Waals surface area contributed by atoms with E-state index in [1.807, 2.05) is 33.8 Å². The lowest BCUT2D eigenvalue weighted by molar-refractivity contribution is -0.132. The van der Waals surface area contributed by atoms with Gasteiger partial charge in [0.15, 0.2) is 0 Å². The lowest BCUT2D eigenvalue weighted by atomic mass is 9.96. The van der Waals surface area contributed by atoms with Crippen molar-refractivity contribution in [1.82, 2.24) is 4.90 Å². The molecule has 1 aliphatic heterocycles. The zero-order valence-corrected chi connectivity index (χ0v) is 12.6. The summed E-state index contributed by atoms with van der Waals surface area (Å²) in [7, 11) is 0.453. The Hall–Kier alpha value is -0.970. The molecule has 1 rings (SSSR count). The highest BCUT2D eigenvalue weighted by Gasteiger charge is 2.26. The molecule has 18 heavy (non-hydrogen) atoms. The monoisotopic (exact) mass is 270 g/mol. The van der Waals surface area contributed by atoms with Crippen molar-refractivity contribution < 1.29 is 9.00 Å². The molecule has 0 aliphatic carbocycles. The predicted octanol–water partition coefficient (Wildman–Crippen LogP) is 2.29. The van der Waals surface area contributed by atoms with Crippen LogP contribution in [0.4, 0.5) is 0 Å². The van der Waals surface area contributed by atoms with Crippen LogP contribution in [0.25, 0.3) is 0 Å². The Morgan fingerprint density at radius 2 is 2.17 bits per heavy atom. The summed E-state index contributed by atoms with van der Waals surface area (Å²) < 4.78 is 15.5. The molecule has 102 valence electrons. The summed E-state index contributed by atoms with van der Waals surface area (Å²) in [4.78, 5) is 13.6. The summed E-state index contributed by atoms with van der Waals surface area (Å²) in [5, 5.41) is 0. The largest absolute Gasteiger partial charge is 0.314 e. The van der Waals surface area contributed by atoms with E-state index in [2.05, 4.69) is 4.40 Å². The van der Waals surface area contributed by atoms with Crippen molar-refractivity contribution >= 4 is 23.1 Å². The van der Waals surface area contributed by atoms with Gasteiger partial charge in [-0.05, 0) is 33.6 Å². The zero-order valence-electron chi connectivity index (χ0n) is 11.8. The number of nitrogens with zero attached hydrogens (tertiary/aromatic N) is 2. The number of allylic oxidation sites excluding steroid dienone is 2. The smallest absolute Gasteiger partial charge is 0.230 e. The summed E-state index contributed by atoms with van der Waals surface area (Å²) >= 11 is 0. The molecule has 0 saturated heterocycles. The Morgan fingerprint density at radius 1 is 1.56 bits per heavy atom. The molecule has 0 spiro atoms. The van der Waals surface area contributed by atoms with Gasteiger partial charge < -0.3 is 4.90 Å². The van der Waals surface area contributed by atoms with Gasteiger partial charge in [-0.1, -0.05) is 13.0 Å². The van der Waals surface area contributed by atoms with Crippen molar-refractivity contribution in [3.05, 3.63) is 11.8 Å². The molecule has 1 amide bonds. The van der Waals surface area contributed by atoms with Crippen LogP contribution in [0.3, 0.4) is 0 Å². The van der Waals surface area contributed by atoms with Gasteiger partial charge in [-0.3, -0.25) is 4.79 Å². The first-order valence-electron chi connectivity index (χ1n) is 6.21. The van der Waals surface area contributed by atoms with Gasteiger partial charge >= 0.3 is 0 Å². The molecule has 0 aromatic heterocycles. The molecular weight excluding hydrogens is 248 g/mol. The van der Waals surface area contributed by atoms with Crippen LogP contribution in [-0.4, -0.2) is 33.0 Å². The van der Waals surface area contributed by atoms with Crippen LogP contribution >= 0.6 is 0 Å². The lowest BCUT2D eigenvalue weighted by Crippen LogP contribution is -2.36. The van der Waals surface area contributed by atoms with Gasteiger partial charge in [-0.2, -0.15) is 4.40 Å². The Bertz CT molecular complexity index is 408. The fourth-order valence-electron chi connectivity index (χ4n) is 1.64. The maximum atomic E-state index is 12.0. The van der Waals surface area contributed by atoms with E-state index < -0.39 is 11.0 Å². The van der Waals surface area contributed by atoms with Gasteiger partial charge in [0.2, 0.25) is 5.91 Å². The first-order chi connectivity index (χ1) is 8.27. The molecular formula is C13H22N2O2S. The molecule has 0 aromatic carbocycles. The second-order valence-corrected chi connectivity index (χ2v) is 7.40. The van der Waals surface area contributed by atoms with Crippen LogP contribution in [0.2, 0.25) is 0 Å². The SMILES string of the molecule is CCC1CC=C(C=NS(=O)C(C)(C)C)N(C)C1=O. The third kappa shape index (κ3) is 3.51. The highest BCUT2D eigenvalue weighted by molar-refractivity contribution is 7.85. The van der Waals surface area contributed by atoms with Crippen molar-refractivity contribution in [3.63, 3.8) is 0 Å². The molecule has 1 heterocycles. The van der Waals surface area contributed by atoms with Crippen molar-refractivity contribution in [1.29, 1.82) is 0 Å². The molecule has 5 heteroatoms. The summed E-state index contributed by atoms with van der Waals surface area (Å²) in [6, 6.07) is 0. The van der Waals surface area contributed by atoms with Gasteiger partial charge in [0.25, 0.3) is 0 Å². The topological polar surface area (TPSA) is 49.7 Å².